The molecule has 1 radical (unpaired) electrons. The Morgan fingerprint density at radius 2 is 0.825 bits per heavy atom. The van der Waals surface area contributed by atoms with Crippen LogP contribution in [0.15, 0.2) is 125 Å². The van der Waals surface area contributed by atoms with Gasteiger partial charge in [-0.05, 0) is 71.8 Å². The summed E-state index contributed by atoms with van der Waals surface area (Å²) in [6.45, 7) is 0. The van der Waals surface area contributed by atoms with E-state index >= 15 is 0 Å². The molecule has 289 valence electrons. The number of hydrogen-bond donors (Lipinski definition) is 6. The van der Waals surface area contributed by atoms with E-state index in [1.54, 1.807) is 0 Å². The van der Waals surface area contributed by atoms with Crippen LogP contribution in [0.25, 0.3) is 34.0 Å². The van der Waals surface area contributed by atoms with E-state index in [0.717, 1.165) is 48.6 Å². The minimum Gasteiger partial charge on any atom is -0.504 e. The number of rotatable bonds is 10. The molecule has 0 atom stereocenters. The third kappa shape index (κ3) is 9.37. The van der Waals surface area contributed by atoms with E-state index in [9.17, 15) is 62.1 Å². The number of aromatic nitrogens is 2. The van der Waals surface area contributed by atoms with E-state index in [4.69, 9.17) is 0 Å². The molecule has 6 N–H and O–H groups in total. The molecular weight excluding hydrogens is 844 g/mol. The summed E-state index contributed by atoms with van der Waals surface area (Å²) in [7, 11) is -19.7. The predicted octanol–water partition coefficient (Wildman–Crippen LogP) is 5.80. The molecular formula is C32H22N6NaO14S4. The van der Waals surface area contributed by atoms with Crippen molar-refractivity contribution in [3.05, 3.63) is 96.3 Å². The largest absolute Gasteiger partial charge is 0.504 e. The number of hydrogen-bond acceptors (Lipinski definition) is 16. The SMILES string of the molecule is O=S(=O)(O)c1cc(N=Nc2cc(S(=O)(=O)O)c3cccnc3c2O)ccc1/C=C/c1ccc(N=Nc2cc(S(=O)(=O)O)c3cccnc3c2O)cc1S(=O)(=O)O.[Na]. The van der Waals surface area contributed by atoms with Crippen molar-refractivity contribution < 1.29 is 62.1 Å². The van der Waals surface area contributed by atoms with Crippen LogP contribution in [0.1, 0.15) is 11.1 Å². The van der Waals surface area contributed by atoms with Gasteiger partial charge in [0.2, 0.25) is 0 Å². The van der Waals surface area contributed by atoms with Crippen LogP contribution in [0, 0.1) is 0 Å². The first kappa shape index (κ1) is 43.0. The van der Waals surface area contributed by atoms with E-state index < -0.39 is 82.9 Å². The third-order valence-electron chi connectivity index (χ3n) is 7.71. The molecule has 2 aromatic heterocycles. The molecule has 6 rings (SSSR count). The quantitative estimate of drug-likeness (QED) is 0.0410. The van der Waals surface area contributed by atoms with Crippen LogP contribution in [0.2, 0.25) is 0 Å². The molecule has 0 unspecified atom stereocenters. The fourth-order valence-corrected chi connectivity index (χ4v) is 8.06. The topological polar surface area (TPSA) is 333 Å². The van der Waals surface area contributed by atoms with E-state index in [-0.39, 0.29) is 73.9 Å². The standard InChI is InChI=1S/C32H22N6O14S4.Na/c39-31-23(15-27(55(47,48)49)21-3-1-11-33-29(21)31)37-35-19-9-7-17(25(13-19)53(41,42)43)5-6-18-8-10-20(14-26(18)54(44,45)46)36-38-24-16-28(56(50,51)52)22-4-2-12-34-30(22)32(24)40;/h1-16,39-40H,(H,41,42,43)(H,44,45,46)(H,47,48,49)(H,50,51,52);/b6-5+,37-35?,38-36?;. The summed E-state index contributed by atoms with van der Waals surface area (Å²) in [5.41, 5.74) is -2.37. The maximum Gasteiger partial charge on any atom is 0.295 e. The first-order valence-electron chi connectivity index (χ1n) is 15.0. The molecule has 0 saturated carbocycles. The number of fused-ring (bicyclic) bond motifs is 2. The van der Waals surface area contributed by atoms with Crippen LogP contribution < -0.4 is 0 Å². The minimum absolute atomic E-state index is 0. The second-order valence-electron chi connectivity index (χ2n) is 11.4. The first-order chi connectivity index (χ1) is 26.1. The number of phenolic OH excluding ortho intramolecular Hbond substituents is 2. The molecule has 25 heteroatoms. The molecule has 57 heavy (non-hydrogen) atoms. The molecule has 0 aliphatic carbocycles. The summed E-state index contributed by atoms with van der Waals surface area (Å²) in [5, 5.41) is 36.1. The Morgan fingerprint density at radius 3 is 1.16 bits per heavy atom. The van der Waals surface area contributed by atoms with Crippen molar-refractivity contribution in [3.8, 4) is 11.5 Å². The smallest absolute Gasteiger partial charge is 0.295 e. The van der Waals surface area contributed by atoms with Crippen molar-refractivity contribution in [3.63, 3.8) is 0 Å². The fourth-order valence-electron chi connectivity index (χ4n) is 5.24. The Hall–Kier alpha value is -5.12. The van der Waals surface area contributed by atoms with Crippen molar-refractivity contribution >= 4 is 127 Å². The minimum atomic E-state index is -5.01. The molecule has 0 aliphatic heterocycles. The van der Waals surface area contributed by atoms with Gasteiger partial charge in [-0.25, -0.2) is 0 Å². The molecule has 0 bridgehead atoms. The Labute approximate surface area is 344 Å². The van der Waals surface area contributed by atoms with Gasteiger partial charge in [-0.3, -0.25) is 28.2 Å². The van der Waals surface area contributed by atoms with Gasteiger partial charge >= 0.3 is 0 Å². The maximum atomic E-state index is 12.4. The van der Waals surface area contributed by atoms with Gasteiger partial charge in [0.15, 0.2) is 11.5 Å². The molecule has 0 saturated heterocycles. The number of phenols is 2. The summed E-state index contributed by atoms with van der Waals surface area (Å²) >= 11 is 0. The number of nitrogens with zero attached hydrogens (tertiary/aromatic N) is 6. The molecule has 0 spiro atoms. The van der Waals surface area contributed by atoms with Crippen LogP contribution in [0.3, 0.4) is 0 Å². The average Bonchev–Trinajstić information content (AvgIpc) is 3.12. The van der Waals surface area contributed by atoms with Gasteiger partial charge in [-0.15, -0.1) is 10.2 Å². The van der Waals surface area contributed by atoms with Crippen LogP contribution >= 0.6 is 0 Å². The van der Waals surface area contributed by atoms with Gasteiger partial charge in [0.05, 0.1) is 11.4 Å². The molecule has 0 fully saturated rings. The van der Waals surface area contributed by atoms with Gasteiger partial charge in [-0.1, -0.05) is 24.3 Å². The zero-order valence-corrected chi connectivity index (χ0v) is 33.8. The normalized spacial score (nSPS) is 12.9. The monoisotopic (exact) mass is 865 g/mol. The summed E-state index contributed by atoms with van der Waals surface area (Å²) in [6.07, 6.45) is 4.60. The van der Waals surface area contributed by atoms with Gasteiger partial charge in [0.25, 0.3) is 40.5 Å². The van der Waals surface area contributed by atoms with Crippen LogP contribution in [0.4, 0.5) is 22.7 Å². The van der Waals surface area contributed by atoms with Crippen molar-refractivity contribution in [1.29, 1.82) is 0 Å². The molecule has 0 amide bonds. The zero-order valence-electron chi connectivity index (χ0n) is 28.5. The van der Waals surface area contributed by atoms with Gasteiger partial charge < -0.3 is 10.2 Å². The van der Waals surface area contributed by atoms with E-state index in [1.165, 1.54) is 48.8 Å². The zero-order chi connectivity index (χ0) is 40.8. The van der Waals surface area contributed by atoms with Crippen LogP contribution in [-0.4, -0.2) is 102 Å². The second-order valence-corrected chi connectivity index (χ2v) is 16.9. The molecule has 6 aromatic rings. The second kappa shape index (κ2) is 16.0. The van der Waals surface area contributed by atoms with E-state index in [1.807, 2.05) is 0 Å². The van der Waals surface area contributed by atoms with E-state index in [2.05, 4.69) is 30.4 Å². The maximum absolute atomic E-state index is 12.4. The van der Waals surface area contributed by atoms with Crippen molar-refractivity contribution in [2.24, 2.45) is 20.5 Å². The average molecular weight is 866 g/mol. The molecule has 4 aromatic carbocycles. The van der Waals surface area contributed by atoms with E-state index in [0.29, 0.717) is 0 Å². The van der Waals surface area contributed by atoms with Crippen molar-refractivity contribution in [2.75, 3.05) is 0 Å². The molecule has 2 heterocycles. The third-order valence-corrected chi connectivity index (χ3v) is 11.3. The van der Waals surface area contributed by atoms with Crippen LogP contribution in [0.5, 0.6) is 11.5 Å². The molecule has 0 aliphatic rings. The van der Waals surface area contributed by atoms with Gasteiger partial charge in [-0.2, -0.15) is 43.9 Å². The van der Waals surface area contributed by atoms with Crippen LogP contribution in [-0.2, 0) is 40.5 Å². The summed E-state index contributed by atoms with van der Waals surface area (Å²) in [5.74, 6) is -1.24. The Balaban J connectivity index is 0.00000620. The van der Waals surface area contributed by atoms with Crippen molar-refractivity contribution in [1.82, 2.24) is 9.97 Å². The summed E-state index contributed by atoms with van der Waals surface area (Å²) < 4.78 is 137. The predicted molar refractivity (Wildman–Crippen MR) is 202 cm³/mol. The number of azo groups is 2. The fraction of sp³-hybridized carbons (Fsp3) is 0. The summed E-state index contributed by atoms with van der Waals surface area (Å²) in [4.78, 5) is 4.97. The number of benzene rings is 4. The van der Waals surface area contributed by atoms with Gasteiger partial charge in [0, 0.05) is 52.7 Å². The van der Waals surface area contributed by atoms with Gasteiger partial charge in [0.1, 0.15) is 42.0 Å². The van der Waals surface area contributed by atoms with Crippen molar-refractivity contribution in [2.45, 2.75) is 19.6 Å². The first-order valence-corrected chi connectivity index (χ1v) is 20.8. The Kier molecular flexibility index (Phi) is 12.1. The summed E-state index contributed by atoms with van der Waals surface area (Å²) in [6, 6.07) is 13.2. The molecule has 20 nitrogen and oxygen atoms in total. The Morgan fingerprint density at radius 1 is 0.474 bits per heavy atom. The Bertz CT molecular complexity index is 2970. The number of aromatic hydroxyl groups is 2. The number of pyridine rings is 2.